The Morgan fingerprint density at radius 1 is 0.846 bits per heavy atom. The first kappa shape index (κ1) is 27.0. The Bertz CT molecular complexity index is 1500. The molecule has 0 aliphatic heterocycles. The number of anilines is 1. The third-order valence-corrected chi connectivity index (χ3v) is 6.28. The summed E-state index contributed by atoms with van der Waals surface area (Å²) in [6.45, 7) is 4.70. The van der Waals surface area contributed by atoms with E-state index in [9.17, 15) is 10.1 Å². The Morgan fingerprint density at radius 2 is 1.59 bits per heavy atom. The lowest BCUT2D eigenvalue weighted by Gasteiger charge is -2.13. The van der Waals surface area contributed by atoms with Crippen LogP contribution in [0.2, 0.25) is 0 Å². The maximum Gasteiger partial charge on any atom is 0.266 e. The van der Waals surface area contributed by atoms with Crippen molar-refractivity contribution in [1.29, 1.82) is 5.26 Å². The molecule has 0 aromatic heterocycles. The summed E-state index contributed by atoms with van der Waals surface area (Å²) in [7, 11) is 1.61. The van der Waals surface area contributed by atoms with Gasteiger partial charge in [0, 0.05) is 5.69 Å². The predicted octanol–water partition coefficient (Wildman–Crippen LogP) is 7.02. The predicted molar refractivity (Wildman–Crippen MR) is 153 cm³/mol. The Morgan fingerprint density at radius 3 is 2.31 bits per heavy atom. The van der Waals surface area contributed by atoms with Gasteiger partial charge in [-0.1, -0.05) is 60.7 Å². The molecular weight excluding hydrogens is 488 g/mol. The van der Waals surface area contributed by atoms with Gasteiger partial charge in [0.05, 0.1) is 7.11 Å². The Hall–Kier alpha value is -5.02. The fourth-order valence-corrected chi connectivity index (χ4v) is 3.87. The van der Waals surface area contributed by atoms with E-state index in [1.54, 1.807) is 37.5 Å². The Kier molecular flexibility index (Phi) is 8.99. The van der Waals surface area contributed by atoms with E-state index in [1.807, 2.05) is 86.6 Å². The van der Waals surface area contributed by atoms with Gasteiger partial charge in [0.25, 0.3) is 5.91 Å². The second kappa shape index (κ2) is 13.0. The van der Waals surface area contributed by atoms with Crippen LogP contribution in [0.3, 0.4) is 0 Å². The third kappa shape index (κ3) is 7.27. The summed E-state index contributed by atoms with van der Waals surface area (Å²) in [6.07, 6.45) is 1.56. The zero-order chi connectivity index (χ0) is 27.6. The van der Waals surface area contributed by atoms with Crippen LogP contribution in [0, 0.1) is 25.2 Å². The first-order valence-corrected chi connectivity index (χ1v) is 12.5. The van der Waals surface area contributed by atoms with Crippen LogP contribution in [-0.2, 0) is 18.0 Å². The molecule has 0 aliphatic carbocycles. The number of nitrogens with zero attached hydrogens (tertiary/aromatic N) is 1. The van der Waals surface area contributed by atoms with Crippen LogP contribution < -0.4 is 19.5 Å². The van der Waals surface area contributed by atoms with Crippen LogP contribution in [-0.4, -0.2) is 13.0 Å². The van der Waals surface area contributed by atoms with E-state index < -0.39 is 5.91 Å². The van der Waals surface area contributed by atoms with Gasteiger partial charge in [-0.15, -0.1) is 0 Å². The fourth-order valence-electron chi connectivity index (χ4n) is 3.87. The van der Waals surface area contributed by atoms with Gasteiger partial charge in [-0.3, -0.25) is 4.79 Å². The van der Waals surface area contributed by atoms with Crippen molar-refractivity contribution in [3.05, 3.63) is 124 Å². The number of methoxy groups -OCH3 is 1. The molecule has 0 heterocycles. The van der Waals surface area contributed by atoms with Crippen LogP contribution in [0.4, 0.5) is 5.69 Å². The topological polar surface area (TPSA) is 80.6 Å². The van der Waals surface area contributed by atoms with Crippen LogP contribution in [0.15, 0.2) is 96.6 Å². The second-order valence-corrected chi connectivity index (χ2v) is 8.99. The summed E-state index contributed by atoms with van der Waals surface area (Å²) in [6, 6.07) is 30.5. The average molecular weight is 519 g/mol. The van der Waals surface area contributed by atoms with Crippen molar-refractivity contribution in [2.24, 2.45) is 0 Å². The van der Waals surface area contributed by atoms with Crippen molar-refractivity contribution in [3.8, 4) is 23.3 Å². The van der Waals surface area contributed by atoms with E-state index in [0.29, 0.717) is 36.1 Å². The molecule has 0 radical (unpaired) electrons. The van der Waals surface area contributed by atoms with E-state index in [-0.39, 0.29) is 5.57 Å². The minimum Gasteiger partial charge on any atom is -0.493 e. The first-order chi connectivity index (χ1) is 19.0. The summed E-state index contributed by atoms with van der Waals surface area (Å²) in [5, 5.41) is 12.4. The molecule has 4 rings (SSSR count). The van der Waals surface area contributed by atoms with Crippen molar-refractivity contribution in [2.75, 3.05) is 12.4 Å². The SMILES string of the molecule is COc1cc(COc2ccc(/C=C(/C#N)C(=O)Nc3cccc(C)c3C)cc2)ccc1OCc1ccccc1. The van der Waals surface area contributed by atoms with Crippen molar-refractivity contribution < 1.29 is 19.0 Å². The van der Waals surface area contributed by atoms with Gasteiger partial charge >= 0.3 is 0 Å². The number of nitriles is 1. The number of carbonyl (C=O) groups is 1. The number of benzene rings is 4. The molecule has 4 aromatic carbocycles. The van der Waals surface area contributed by atoms with Crippen LogP contribution in [0.1, 0.15) is 27.8 Å². The van der Waals surface area contributed by atoms with Crippen LogP contribution >= 0.6 is 0 Å². The van der Waals surface area contributed by atoms with Gasteiger partial charge in [-0.2, -0.15) is 5.26 Å². The molecule has 0 aliphatic rings. The molecule has 196 valence electrons. The van der Waals surface area contributed by atoms with Gasteiger partial charge in [0.2, 0.25) is 0 Å². The van der Waals surface area contributed by atoms with E-state index in [0.717, 1.165) is 27.8 Å². The summed E-state index contributed by atoms with van der Waals surface area (Å²) < 4.78 is 17.4. The second-order valence-electron chi connectivity index (χ2n) is 8.99. The molecule has 1 N–H and O–H groups in total. The molecule has 0 saturated heterocycles. The van der Waals surface area contributed by atoms with Gasteiger partial charge < -0.3 is 19.5 Å². The number of hydrogen-bond acceptors (Lipinski definition) is 5. The normalized spacial score (nSPS) is 10.9. The molecule has 1 amide bonds. The standard InChI is InChI=1S/C33H30N2O4/c1-23-8-7-11-30(24(23)2)35-33(36)28(20-34)18-25-12-15-29(16-13-25)38-22-27-14-17-31(32(19-27)37-3)39-21-26-9-5-4-6-10-26/h4-19H,21-22H2,1-3H3,(H,35,36)/b28-18-. The summed E-state index contributed by atoms with van der Waals surface area (Å²) >= 11 is 0. The molecule has 39 heavy (non-hydrogen) atoms. The zero-order valence-electron chi connectivity index (χ0n) is 22.2. The number of nitrogens with one attached hydrogen (secondary N) is 1. The number of rotatable bonds is 10. The summed E-state index contributed by atoms with van der Waals surface area (Å²) in [5.74, 6) is 1.51. The lowest BCUT2D eigenvalue weighted by Crippen LogP contribution is -2.14. The highest BCUT2D eigenvalue weighted by Gasteiger charge is 2.12. The quantitative estimate of drug-likeness (QED) is 0.180. The first-order valence-electron chi connectivity index (χ1n) is 12.5. The van der Waals surface area contributed by atoms with Crippen LogP contribution in [0.5, 0.6) is 17.2 Å². The molecule has 0 saturated carbocycles. The molecule has 4 aromatic rings. The van der Waals surface area contributed by atoms with E-state index in [4.69, 9.17) is 14.2 Å². The molecule has 0 bridgehead atoms. The van der Waals surface area contributed by atoms with Gasteiger partial charge in [0.1, 0.15) is 30.6 Å². The highest BCUT2D eigenvalue weighted by molar-refractivity contribution is 6.10. The maximum absolute atomic E-state index is 12.7. The minimum atomic E-state index is -0.448. The molecule has 0 unspecified atom stereocenters. The zero-order valence-corrected chi connectivity index (χ0v) is 22.2. The molecule has 6 heteroatoms. The van der Waals surface area contributed by atoms with E-state index >= 15 is 0 Å². The molecule has 0 atom stereocenters. The van der Waals surface area contributed by atoms with Gasteiger partial charge in [-0.05, 0) is 78.1 Å². The number of amides is 1. The average Bonchev–Trinajstić information content (AvgIpc) is 2.97. The summed E-state index contributed by atoms with van der Waals surface area (Å²) in [5.41, 5.74) is 5.47. The number of hydrogen-bond donors (Lipinski definition) is 1. The monoisotopic (exact) mass is 518 g/mol. The maximum atomic E-state index is 12.7. The lowest BCUT2D eigenvalue weighted by molar-refractivity contribution is -0.112. The molecule has 0 fully saturated rings. The number of aryl methyl sites for hydroxylation is 1. The number of carbonyl (C=O) groups excluding carboxylic acids is 1. The molecule has 0 spiro atoms. The van der Waals surface area contributed by atoms with E-state index in [1.165, 1.54) is 0 Å². The van der Waals surface area contributed by atoms with Crippen molar-refractivity contribution >= 4 is 17.7 Å². The Labute approximate surface area is 229 Å². The minimum absolute atomic E-state index is 0.0197. The Balaban J connectivity index is 1.36. The third-order valence-electron chi connectivity index (χ3n) is 6.28. The molecular formula is C33H30N2O4. The van der Waals surface area contributed by atoms with Crippen molar-refractivity contribution in [2.45, 2.75) is 27.1 Å². The highest BCUT2D eigenvalue weighted by atomic mass is 16.5. The lowest BCUT2D eigenvalue weighted by atomic mass is 10.1. The van der Waals surface area contributed by atoms with Crippen molar-refractivity contribution in [1.82, 2.24) is 0 Å². The van der Waals surface area contributed by atoms with Gasteiger partial charge in [-0.25, -0.2) is 0 Å². The molecule has 6 nitrogen and oxygen atoms in total. The van der Waals surface area contributed by atoms with Crippen LogP contribution in [0.25, 0.3) is 6.08 Å². The largest absolute Gasteiger partial charge is 0.493 e. The summed E-state index contributed by atoms with van der Waals surface area (Å²) in [4.78, 5) is 12.7. The van der Waals surface area contributed by atoms with Gasteiger partial charge in [0.15, 0.2) is 11.5 Å². The van der Waals surface area contributed by atoms with E-state index in [2.05, 4.69) is 5.32 Å². The smallest absolute Gasteiger partial charge is 0.266 e. The highest BCUT2D eigenvalue weighted by Crippen LogP contribution is 2.29. The fraction of sp³-hybridized carbons (Fsp3) is 0.152. The number of ether oxygens (including phenoxy) is 3. The van der Waals surface area contributed by atoms with Crippen molar-refractivity contribution in [3.63, 3.8) is 0 Å².